The van der Waals surface area contributed by atoms with Crippen LogP contribution in [0.15, 0.2) is 36.7 Å². The van der Waals surface area contributed by atoms with Crippen LogP contribution in [0, 0.1) is 5.92 Å². The number of ether oxygens (including phenoxy) is 1. The molecular weight excluding hydrogens is 374 g/mol. The average Bonchev–Trinajstić information content (AvgIpc) is 3.16. The Kier molecular flexibility index (Phi) is 5.39. The maximum Gasteiger partial charge on any atom is 0.226 e. The van der Waals surface area contributed by atoms with E-state index in [9.17, 15) is 0 Å². The molecule has 156 valence electrons. The van der Waals surface area contributed by atoms with Crippen molar-refractivity contribution in [3.8, 4) is 5.88 Å². The maximum atomic E-state index is 5.78. The van der Waals surface area contributed by atoms with Crippen LogP contribution in [0.2, 0.25) is 0 Å². The number of hydrogen-bond acceptors (Lipinski definition) is 5. The Morgan fingerprint density at radius 3 is 2.90 bits per heavy atom. The maximum absolute atomic E-state index is 5.78. The molecule has 5 rings (SSSR count). The van der Waals surface area contributed by atoms with Crippen molar-refractivity contribution in [3.63, 3.8) is 0 Å². The van der Waals surface area contributed by atoms with E-state index in [1.54, 1.807) is 7.11 Å². The van der Waals surface area contributed by atoms with E-state index < -0.39 is 0 Å². The van der Waals surface area contributed by atoms with E-state index in [1.807, 2.05) is 23.0 Å². The highest BCUT2D eigenvalue weighted by molar-refractivity contribution is 5.85. The highest BCUT2D eigenvalue weighted by Gasteiger charge is 2.23. The highest BCUT2D eigenvalue weighted by atomic mass is 16.5. The summed E-state index contributed by atoms with van der Waals surface area (Å²) in [5, 5.41) is 7.81. The molecule has 0 amide bonds. The second-order valence-corrected chi connectivity index (χ2v) is 8.39. The fraction of sp³-hybridized carbons (Fsp3) is 0.458. The van der Waals surface area contributed by atoms with Crippen LogP contribution in [0.25, 0.3) is 11.1 Å². The summed E-state index contributed by atoms with van der Waals surface area (Å²) in [5.74, 6) is 2.08. The lowest BCUT2D eigenvalue weighted by Crippen LogP contribution is -2.19. The number of aryl methyl sites for hydroxylation is 1. The molecule has 1 saturated carbocycles. The summed E-state index contributed by atoms with van der Waals surface area (Å²) in [5.41, 5.74) is 5.48. The second-order valence-electron chi connectivity index (χ2n) is 8.39. The van der Waals surface area contributed by atoms with Crippen molar-refractivity contribution in [3.05, 3.63) is 53.5 Å². The number of hydrogen-bond donors (Lipinski definition) is 1. The lowest BCUT2D eigenvalue weighted by Gasteiger charge is -2.22. The van der Waals surface area contributed by atoms with Crippen molar-refractivity contribution in [2.24, 2.45) is 5.92 Å². The molecule has 6 nitrogen and oxygen atoms in total. The van der Waals surface area contributed by atoms with Gasteiger partial charge in [-0.25, -0.2) is 9.50 Å². The zero-order valence-electron chi connectivity index (χ0n) is 17.6. The minimum Gasteiger partial charge on any atom is -0.480 e. The van der Waals surface area contributed by atoms with Crippen molar-refractivity contribution < 1.29 is 4.74 Å². The van der Waals surface area contributed by atoms with E-state index in [-0.39, 0.29) is 0 Å². The zero-order valence-corrected chi connectivity index (χ0v) is 17.6. The van der Waals surface area contributed by atoms with Crippen LogP contribution >= 0.6 is 0 Å². The molecule has 2 aliphatic rings. The number of allylic oxidation sites excluding steroid dienone is 1. The average molecular weight is 404 g/mol. The van der Waals surface area contributed by atoms with Crippen LogP contribution in [0.3, 0.4) is 0 Å². The number of nitrogens with zero attached hydrogens (tertiary/aromatic N) is 4. The molecule has 0 atom stereocenters. The standard InChI is InChI=1S/C24H29N5O/c1-30-23-22-20(18-12-14-29-19(15-18)11-13-26-29)9-5-6-10-21(22)27-24(28-23)25-16-17-7-3-2-4-8-17/h9,11-15,17H,2-8,10,16H2,1H3,(H,25,27,28). The van der Waals surface area contributed by atoms with Crippen LogP contribution in [-0.2, 0) is 6.42 Å². The van der Waals surface area contributed by atoms with E-state index >= 15 is 0 Å². The molecule has 1 fully saturated rings. The minimum absolute atomic E-state index is 0.660. The van der Waals surface area contributed by atoms with E-state index in [2.05, 4.69) is 28.6 Å². The number of anilines is 1. The van der Waals surface area contributed by atoms with E-state index in [4.69, 9.17) is 14.7 Å². The van der Waals surface area contributed by atoms with E-state index in [1.165, 1.54) is 32.1 Å². The third kappa shape index (κ3) is 3.78. The molecule has 3 aromatic rings. The summed E-state index contributed by atoms with van der Waals surface area (Å²) in [7, 11) is 1.70. The zero-order chi connectivity index (χ0) is 20.3. The molecule has 1 N–H and O–H groups in total. The van der Waals surface area contributed by atoms with Gasteiger partial charge in [-0.2, -0.15) is 10.1 Å². The van der Waals surface area contributed by atoms with Crippen molar-refractivity contribution in [1.82, 2.24) is 19.6 Å². The molecule has 3 aromatic heterocycles. The number of nitrogens with one attached hydrogen (secondary N) is 1. The van der Waals surface area contributed by atoms with Gasteiger partial charge in [0, 0.05) is 18.9 Å². The van der Waals surface area contributed by atoms with Gasteiger partial charge in [-0.3, -0.25) is 0 Å². The number of pyridine rings is 1. The van der Waals surface area contributed by atoms with Gasteiger partial charge in [-0.05, 0) is 67.4 Å². The van der Waals surface area contributed by atoms with E-state index in [0.29, 0.717) is 11.8 Å². The van der Waals surface area contributed by atoms with Gasteiger partial charge in [-0.15, -0.1) is 0 Å². The third-order valence-corrected chi connectivity index (χ3v) is 6.36. The number of rotatable bonds is 5. The lowest BCUT2D eigenvalue weighted by molar-refractivity contribution is 0.372. The molecule has 0 unspecified atom stereocenters. The van der Waals surface area contributed by atoms with Crippen LogP contribution in [0.5, 0.6) is 5.88 Å². The summed E-state index contributed by atoms with van der Waals surface area (Å²) >= 11 is 0. The molecule has 0 radical (unpaired) electrons. The van der Waals surface area contributed by atoms with Gasteiger partial charge in [0.2, 0.25) is 11.8 Å². The fourth-order valence-corrected chi connectivity index (χ4v) is 4.76. The van der Waals surface area contributed by atoms with Gasteiger partial charge in [0.05, 0.1) is 23.9 Å². The molecular formula is C24H29N5O. The summed E-state index contributed by atoms with van der Waals surface area (Å²) < 4.78 is 7.66. The minimum atomic E-state index is 0.660. The first kappa shape index (κ1) is 19.1. The highest BCUT2D eigenvalue weighted by Crippen LogP contribution is 2.36. The third-order valence-electron chi connectivity index (χ3n) is 6.36. The molecule has 3 heterocycles. The Morgan fingerprint density at radius 1 is 1.13 bits per heavy atom. The summed E-state index contributed by atoms with van der Waals surface area (Å²) in [4.78, 5) is 9.69. The van der Waals surface area contributed by atoms with Gasteiger partial charge in [0.25, 0.3) is 0 Å². The summed E-state index contributed by atoms with van der Waals surface area (Å²) in [6, 6.07) is 6.30. The first-order valence-electron chi connectivity index (χ1n) is 11.1. The number of methoxy groups -OCH3 is 1. The van der Waals surface area contributed by atoms with Gasteiger partial charge in [0.15, 0.2) is 0 Å². The van der Waals surface area contributed by atoms with Crippen molar-refractivity contribution in [2.75, 3.05) is 19.0 Å². The second kappa shape index (κ2) is 8.46. The Hall–Kier alpha value is -2.89. The van der Waals surface area contributed by atoms with Crippen LogP contribution < -0.4 is 10.1 Å². The molecule has 6 heteroatoms. The van der Waals surface area contributed by atoms with E-state index in [0.717, 1.165) is 59.6 Å². The molecule has 30 heavy (non-hydrogen) atoms. The fourth-order valence-electron chi connectivity index (χ4n) is 4.76. The van der Waals surface area contributed by atoms with Crippen LogP contribution in [0.4, 0.5) is 5.95 Å². The molecule has 0 aliphatic heterocycles. The first-order chi connectivity index (χ1) is 14.8. The number of fused-ring (bicyclic) bond motifs is 2. The Bertz CT molecular complexity index is 1060. The number of aromatic nitrogens is 4. The van der Waals surface area contributed by atoms with Crippen LogP contribution in [-0.4, -0.2) is 33.2 Å². The SMILES string of the molecule is COc1nc(NCC2CCCCC2)nc2c1C(c1ccn3nccc3c1)=CCCC2. The Labute approximate surface area is 177 Å². The first-order valence-corrected chi connectivity index (χ1v) is 11.1. The molecule has 0 aromatic carbocycles. The lowest BCUT2D eigenvalue weighted by atomic mass is 9.89. The predicted octanol–water partition coefficient (Wildman–Crippen LogP) is 4.89. The van der Waals surface area contributed by atoms with Gasteiger partial charge >= 0.3 is 0 Å². The van der Waals surface area contributed by atoms with Crippen LogP contribution in [0.1, 0.15) is 61.8 Å². The molecule has 0 spiro atoms. The summed E-state index contributed by atoms with van der Waals surface area (Å²) in [6.07, 6.45) is 15.8. The Balaban J connectivity index is 1.48. The Morgan fingerprint density at radius 2 is 2.03 bits per heavy atom. The molecule has 0 saturated heterocycles. The van der Waals surface area contributed by atoms with Gasteiger partial charge in [0.1, 0.15) is 0 Å². The molecule has 0 bridgehead atoms. The quantitative estimate of drug-likeness (QED) is 0.657. The van der Waals surface area contributed by atoms with Gasteiger partial charge in [-0.1, -0.05) is 25.3 Å². The molecule has 2 aliphatic carbocycles. The van der Waals surface area contributed by atoms with Crippen molar-refractivity contribution >= 4 is 17.0 Å². The topological polar surface area (TPSA) is 64.3 Å². The monoisotopic (exact) mass is 403 g/mol. The summed E-state index contributed by atoms with van der Waals surface area (Å²) in [6.45, 7) is 0.947. The van der Waals surface area contributed by atoms with Crippen molar-refractivity contribution in [1.29, 1.82) is 0 Å². The predicted molar refractivity (Wildman–Crippen MR) is 119 cm³/mol. The van der Waals surface area contributed by atoms with Gasteiger partial charge < -0.3 is 10.1 Å². The van der Waals surface area contributed by atoms with Crippen molar-refractivity contribution in [2.45, 2.75) is 51.4 Å². The normalized spacial score (nSPS) is 17.3. The largest absolute Gasteiger partial charge is 0.480 e. The smallest absolute Gasteiger partial charge is 0.226 e.